The number of rotatable bonds is 7. The molecule has 0 bridgehead atoms. The number of amides is 1. The number of methoxy groups -OCH3 is 2. The quantitative estimate of drug-likeness (QED) is 0.424. The molecule has 0 radical (unpaired) electrons. The lowest BCUT2D eigenvalue weighted by atomic mass is 9.98. The molecule has 0 saturated carbocycles. The van der Waals surface area contributed by atoms with Crippen molar-refractivity contribution in [3.63, 3.8) is 0 Å². The molecule has 1 aliphatic rings. The molecule has 2 aromatic rings. The molecule has 30 heavy (non-hydrogen) atoms. The van der Waals surface area contributed by atoms with Gasteiger partial charge in [-0.3, -0.25) is 14.6 Å². The number of aromatic nitrogens is 1. The summed E-state index contributed by atoms with van der Waals surface area (Å²) in [4.78, 5) is 33.5. The summed E-state index contributed by atoms with van der Waals surface area (Å²) in [5, 5.41) is 11.1. The van der Waals surface area contributed by atoms with Crippen LogP contribution in [0.4, 0.5) is 0 Å². The topological polar surface area (TPSA) is 92.2 Å². The van der Waals surface area contributed by atoms with Gasteiger partial charge < -0.3 is 24.4 Å². The zero-order valence-electron chi connectivity index (χ0n) is 17.5. The van der Waals surface area contributed by atoms with Crippen molar-refractivity contribution < 1.29 is 24.2 Å². The smallest absolute Gasteiger partial charge is 0.295 e. The number of likely N-dealkylation sites (tertiary alicyclic amines) is 1. The first-order valence-electron chi connectivity index (χ1n) is 9.45. The number of nitrogens with zero attached hydrogens (tertiary/aromatic N) is 3. The SMILES string of the molecule is COc1ccc(C(O)=C2C(=O)C(=O)N(CCN(C)C)C2c2ccccn2)cc1OC. The lowest BCUT2D eigenvalue weighted by Crippen LogP contribution is -2.35. The number of carbonyl (C=O) groups excluding carboxylic acids is 2. The zero-order valence-corrected chi connectivity index (χ0v) is 17.5. The highest BCUT2D eigenvalue weighted by Gasteiger charge is 2.46. The summed E-state index contributed by atoms with van der Waals surface area (Å²) in [6.45, 7) is 0.883. The normalized spacial score (nSPS) is 18.2. The van der Waals surface area contributed by atoms with E-state index in [1.807, 2.05) is 19.0 Å². The lowest BCUT2D eigenvalue weighted by Gasteiger charge is -2.25. The van der Waals surface area contributed by atoms with Crippen LogP contribution in [0.2, 0.25) is 0 Å². The highest BCUT2D eigenvalue weighted by molar-refractivity contribution is 6.46. The minimum absolute atomic E-state index is 0.00433. The molecule has 1 fully saturated rings. The predicted octanol–water partition coefficient (Wildman–Crippen LogP) is 2.08. The van der Waals surface area contributed by atoms with Crippen molar-refractivity contribution in [2.24, 2.45) is 0 Å². The Morgan fingerprint density at radius 2 is 1.87 bits per heavy atom. The largest absolute Gasteiger partial charge is 0.507 e. The fraction of sp³-hybridized carbons (Fsp3) is 0.318. The Bertz CT molecular complexity index is 972. The van der Waals surface area contributed by atoms with Gasteiger partial charge >= 0.3 is 0 Å². The first-order valence-corrected chi connectivity index (χ1v) is 9.45. The van der Waals surface area contributed by atoms with E-state index in [2.05, 4.69) is 4.98 Å². The molecule has 1 aliphatic heterocycles. The van der Waals surface area contributed by atoms with Gasteiger partial charge in [-0.15, -0.1) is 0 Å². The summed E-state index contributed by atoms with van der Waals surface area (Å²) in [6, 6.07) is 9.30. The average Bonchev–Trinajstić information content (AvgIpc) is 3.01. The van der Waals surface area contributed by atoms with E-state index in [-0.39, 0.29) is 11.3 Å². The molecule has 1 amide bonds. The van der Waals surface area contributed by atoms with Gasteiger partial charge in [-0.25, -0.2) is 0 Å². The summed E-state index contributed by atoms with van der Waals surface area (Å²) in [7, 11) is 6.76. The van der Waals surface area contributed by atoms with E-state index < -0.39 is 17.7 Å². The predicted molar refractivity (Wildman–Crippen MR) is 111 cm³/mol. The second-order valence-corrected chi connectivity index (χ2v) is 7.12. The number of ether oxygens (including phenoxy) is 2. The number of hydrogen-bond acceptors (Lipinski definition) is 7. The van der Waals surface area contributed by atoms with Crippen LogP contribution in [0, 0.1) is 0 Å². The number of benzene rings is 1. The number of pyridine rings is 1. The number of Topliss-reactive ketones (excluding diaryl/α,β-unsaturated/α-hetero) is 1. The summed E-state index contributed by atoms with van der Waals surface area (Å²) in [5.41, 5.74) is 0.862. The third kappa shape index (κ3) is 3.99. The second kappa shape index (κ2) is 8.96. The third-order valence-corrected chi connectivity index (χ3v) is 4.95. The van der Waals surface area contributed by atoms with Crippen molar-refractivity contribution in [1.82, 2.24) is 14.8 Å². The lowest BCUT2D eigenvalue weighted by molar-refractivity contribution is -0.140. The van der Waals surface area contributed by atoms with Crippen LogP contribution in [0.15, 0.2) is 48.2 Å². The van der Waals surface area contributed by atoms with Gasteiger partial charge in [0.2, 0.25) is 0 Å². The van der Waals surface area contributed by atoms with E-state index in [9.17, 15) is 14.7 Å². The van der Waals surface area contributed by atoms with Gasteiger partial charge in [0, 0.05) is 24.8 Å². The Kier molecular flexibility index (Phi) is 6.37. The molecule has 158 valence electrons. The van der Waals surface area contributed by atoms with Crippen molar-refractivity contribution in [2.75, 3.05) is 41.4 Å². The van der Waals surface area contributed by atoms with Crippen molar-refractivity contribution in [3.8, 4) is 11.5 Å². The molecule has 1 saturated heterocycles. The van der Waals surface area contributed by atoms with Gasteiger partial charge in [0.15, 0.2) is 11.5 Å². The number of aliphatic hydroxyl groups is 1. The number of carbonyl (C=O) groups is 2. The van der Waals surface area contributed by atoms with E-state index in [0.717, 1.165) is 0 Å². The van der Waals surface area contributed by atoms with Crippen molar-refractivity contribution >= 4 is 17.4 Å². The molecule has 1 N–H and O–H groups in total. The van der Waals surface area contributed by atoms with Crippen LogP contribution in [0.5, 0.6) is 11.5 Å². The van der Waals surface area contributed by atoms with Crippen LogP contribution in [0.25, 0.3) is 5.76 Å². The number of hydrogen-bond donors (Lipinski definition) is 1. The van der Waals surface area contributed by atoms with Crippen LogP contribution < -0.4 is 9.47 Å². The van der Waals surface area contributed by atoms with Crippen LogP contribution in [0.3, 0.4) is 0 Å². The monoisotopic (exact) mass is 411 g/mol. The molecule has 1 unspecified atom stereocenters. The van der Waals surface area contributed by atoms with E-state index in [1.54, 1.807) is 42.6 Å². The molecule has 2 heterocycles. The highest BCUT2D eigenvalue weighted by Crippen LogP contribution is 2.39. The standard InChI is InChI=1S/C22H25N3O5/c1-24(2)11-12-25-19(15-7-5-6-10-23-15)18(21(27)22(25)28)20(26)14-8-9-16(29-3)17(13-14)30-4/h5-10,13,19,26H,11-12H2,1-4H3. The molecule has 0 spiro atoms. The zero-order chi connectivity index (χ0) is 21.8. The summed E-state index contributed by atoms with van der Waals surface area (Å²) in [5.74, 6) is -0.789. The minimum Gasteiger partial charge on any atom is -0.507 e. The molecule has 1 atom stereocenters. The molecular weight excluding hydrogens is 386 g/mol. The summed E-state index contributed by atoms with van der Waals surface area (Å²) < 4.78 is 10.5. The molecule has 8 nitrogen and oxygen atoms in total. The van der Waals surface area contributed by atoms with Gasteiger partial charge in [0.05, 0.1) is 25.5 Å². The van der Waals surface area contributed by atoms with Gasteiger partial charge in [0.1, 0.15) is 11.8 Å². The summed E-state index contributed by atoms with van der Waals surface area (Å²) in [6.07, 6.45) is 1.60. The van der Waals surface area contributed by atoms with E-state index in [4.69, 9.17) is 9.47 Å². The maximum absolute atomic E-state index is 12.9. The highest BCUT2D eigenvalue weighted by atomic mass is 16.5. The fourth-order valence-corrected chi connectivity index (χ4v) is 3.40. The molecular formula is C22H25N3O5. The Labute approximate surface area is 175 Å². The fourth-order valence-electron chi connectivity index (χ4n) is 3.40. The number of aliphatic hydroxyl groups excluding tert-OH is 1. The first-order chi connectivity index (χ1) is 14.4. The van der Waals surface area contributed by atoms with Gasteiger partial charge in [-0.1, -0.05) is 6.07 Å². The number of ketones is 1. The van der Waals surface area contributed by atoms with E-state index in [0.29, 0.717) is 35.8 Å². The maximum Gasteiger partial charge on any atom is 0.295 e. The van der Waals surface area contributed by atoms with Crippen molar-refractivity contribution in [3.05, 3.63) is 59.4 Å². The van der Waals surface area contributed by atoms with Gasteiger partial charge in [-0.05, 0) is 44.4 Å². The molecule has 3 rings (SSSR count). The second-order valence-electron chi connectivity index (χ2n) is 7.12. The molecule has 0 aliphatic carbocycles. The Morgan fingerprint density at radius 3 is 2.47 bits per heavy atom. The Morgan fingerprint density at radius 1 is 1.13 bits per heavy atom. The van der Waals surface area contributed by atoms with Crippen LogP contribution in [-0.4, -0.2) is 73.0 Å². The minimum atomic E-state index is -0.778. The van der Waals surface area contributed by atoms with Crippen molar-refractivity contribution in [1.29, 1.82) is 0 Å². The van der Waals surface area contributed by atoms with Crippen LogP contribution in [0.1, 0.15) is 17.3 Å². The van der Waals surface area contributed by atoms with E-state index in [1.165, 1.54) is 19.1 Å². The van der Waals surface area contributed by atoms with E-state index >= 15 is 0 Å². The molecule has 1 aromatic carbocycles. The van der Waals surface area contributed by atoms with Crippen molar-refractivity contribution in [2.45, 2.75) is 6.04 Å². The summed E-state index contributed by atoms with van der Waals surface area (Å²) >= 11 is 0. The maximum atomic E-state index is 12.9. The average molecular weight is 411 g/mol. The van der Waals surface area contributed by atoms with Crippen LogP contribution >= 0.6 is 0 Å². The molecule has 1 aromatic heterocycles. The van der Waals surface area contributed by atoms with Gasteiger partial charge in [-0.2, -0.15) is 0 Å². The third-order valence-electron chi connectivity index (χ3n) is 4.95. The van der Waals surface area contributed by atoms with Crippen LogP contribution in [-0.2, 0) is 9.59 Å². The molecule has 8 heteroatoms. The van der Waals surface area contributed by atoms with Gasteiger partial charge in [0.25, 0.3) is 11.7 Å². The Balaban J connectivity index is 2.14. The Hall–Kier alpha value is -3.39. The first kappa shape index (κ1) is 21.3. The number of likely N-dealkylation sites (N-methyl/N-ethyl adjacent to an activating group) is 1.